The summed E-state index contributed by atoms with van der Waals surface area (Å²) in [6, 6.07) is 10.9. The van der Waals surface area contributed by atoms with Crippen molar-refractivity contribution >= 4 is 17.5 Å². The largest absolute Gasteiger partial charge is 0.459 e. The van der Waals surface area contributed by atoms with Crippen LogP contribution >= 0.6 is 0 Å². The zero-order chi connectivity index (χ0) is 16.8. The molecule has 3 rings (SSSR count). The van der Waals surface area contributed by atoms with Gasteiger partial charge in [0, 0.05) is 24.2 Å². The van der Waals surface area contributed by atoms with Crippen LogP contribution in [0.3, 0.4) is 0 Å². The van der Waals surface area contributed by atoms with Crippen LogP contribution in [0.4, 0.5) is 5.69 Å². The summed E-state index contributed by atoms with van der Waals surface area (Å²) in [5, 5.41) is 2.67. The van der Waals surface area contributed by atoms with Crippen molar-refractivity contribution in [3.8, 4) is 11.8 Å². The average Bonchev–Trinajstić information content (AvgIpc) is 3.14. The first kappa shape index (κ1) is 15.9. The van der Waals surface area contributed by atoms with E-state index in [0.717, 1.165) is 30.6 Å². The number of nitrogens with zero attached hydrogens (tertiary/aromatic N) is 1. The Morgan fingerprint density at radius 3 is 2.75 bits per heavy atom. The van der Waals surface area contributed by atoms with Crippen molar-refractivity contribution in [1.29, 1.82) is 0 Å². The third-order valence-corrected chi connectivity index (χ3v) is 3.82. The molecule has 1 N–H and O–H groups in total. The lowest BCUT2D eigenvalue weighted by Gasteiger charge is -2.26. The lowest BCUT2D eigenvalue weighted by Crippen LogP contribution is -2.35. The van der Waals surface area contributed by atoms with E-state index in [1.54, 1.807) is 12.1 Å². The summed E-state index contributed by atoms with van der Waals surface area (Å²) in [5.41, 5.74) is 1.76. The number of hydrogen-bond donors (Lipinski definition) is 1. The van der Waals surface area contributed by atoms with Crippen LogP contribution in [0.5, 0.6) is 0 Å². The molecule has 1 aliphatic heterocycles. The van der Waals surface area contributed by atoms with Gasteiger partial charge in [0.2, 0.25) is 5.91 Å². The molecular formula is C19H18N2O3. The molecule has 5 nitrogen and oxygen atoms in total. The molecule has 0 aliphatic carbocycles. The minimum atomic E-state index is -0.284. The maximum Gasteiger partial charge on any atom is 0.287 e. The van der Waals surface area contributed by atoms with Gasteiger partial charge in [-0.1, -0.05) is 11.8 Å². The summed E-state index contributed by atoms with van der Waals surface area (Å²) in [6.07, 6.45) is 4.09. The number of benzene rings is 1. The van der Waals surface area contributed by atoms with E-state index in [2.05, 4.69) is 17.2 Å². The summed E-state index contributed by atoms with van der Waals surface area (Å²) >= 11 is 0. The van der Waals surface area contributed by atoms with E-state index in [0.29, 0.717) is 6.42 Å². The lowest BCUT2D eigenvalue weighted by molar-refractivity contribution is -0.119. The van der Waals surface area contributed by atoms with Gasteiger partial charge in [-0.05, 0) is 49.2 Å². The number of furan rings is 1. The highest BCUT2D eigenvalue weighted by Crippen LogP contribution is 2.20. The Hall–Kier alpha value is -3.00. The molecule has 2 amide bonds. The highest BCUT2D eigenvalue weighted by molar-refractivity contribution is 5.94. The quantitative estimate of drug-likeness (QED) is 0.884. The van der Waals surface area contributed by atoms with Gasteiger partial charge in [-0.2, -0.15) is 0 Å². The topological polar surface area (TPSA) is 62.6 Å². The van der Waals surface area contributed by atoms with Gasteiger partial charge in [-0.15, -0.1) is 0 Å². The molecule has 1 aromatic heterocycles. The minimum Gasteiger partial charge on any atom is -0.459 e. The van der Waals surface area contributed by atoms with Gasteiger partial charge in [0.05, 0.1) is 12.8 Å². The molecule has 0 atom stereocenters. The number of amides is 2. The van der Waals surface area contributed by atoms with E-state index in [9.17, 15) is 9.59 Å². The molecule has 0 bridgehead atoms. The van der Waals surface area contributed by atoms with Crippen molar-refractivity contribution in [2.45, 2.75) is 19.3 Å². The lowest BCUT2D eigenvalue weighted by atomic mass is 10.1. The van der Waals surface area contributed by atoms with Crippen LogP contribution in [0.25, 0.3) is 0 Å². The Kier molecular flexibility index (Phi) is 4.97. The van der Waals surface area contributed by atoms with Crippen molar-refractivity contribution in [3.63, 3.8) is 0 Å². The van der Waals surface area contributed by atoms with Crippen molar-refractivity contribution in [2.24, 2.45) is 0 Å². The first-order valence-corrected chi connectivity index (χ1v) is 7.95. The number of nitrogens with one attached hydrogen (secondary N) is 1. The van der Waals surface area contributed by atoms with E-state index >= 15 is 0 Å². The molecule has 0 saturated carbocycles. The zero-order valence-electron chi connectivity index (χ0n) is 13.2. The van der Waals surface area contributed by atoms with Crippen molar-refractivity contribution in [3.05, 3.63) is 54.0 Å². The second kappa shape index (κ2) is 7.51. The molecule has 1 fully saturated rings. The Bertz CT molecular complexity index is 767. The highest BCUT2D eigenvalue weighted by atomic mass is 16.3. The van der Waals surface area contributed by atoms with Gasteiger partial charge in [0.1, 0.15) is 0 Å². The summed E-state index contributed by atoms with van der Waals surface area (Å²) in [6.45, 7) is 1.02. The molecule has 0 spiro atoms. The van der Waals surface area contributed by atoms with E-state index < -0.39 is 0 Å². The molecule has 0 unspecified atom stereocenters. The number of piperidine rings is 1. The number of rotatable bonds is 3. The molecule has 2 aromatic rings. The third-order valence-electron chi connectivity index (χ3n) is 3.82. The zero-order valence-corrected chi connectivity index (χ0v) is 13.2. The van der Waals surface area contributed by atoms with Crippen LogP contribution < -0.4 is 10.2 Å². The molecule has 5 heteroatoms. The number of carbonyl (C=O) groups is 2. The van der Waals surface area contributed by atoms with E-state index in [1.807, 2.05) is 29.2 Å². The van der Waals surface area contributed by atoms with Crippen LogP contribution in [0.1, 0.15) is 35.4 Å². The molecule has 1 aromatic carbocycles. The summed E-state index contributed by atoms with van der Waals surface area (Å²) in [4.78, 5) is 25.4. The molecule has 122 valence electrons. The van der Waals surface area contributed by atoms with Crippen LogP contribution in [0.15, 0.2) is 47.1 Å². The van der Waals surface area contributed by atoms with Crippen molar-refractivity contribution < 1.29 is 14.0 Å². The normalized spacial score (nSPS) is 14.0. The Balaban J connectivity index is 1.55. The summed E-state index contributed by atoms with van der Waals surface area (Å²) in [5.74, 6) is 6.05. The van der Waals surface area contributed by atoms with Gasteiger partial charge in [-0.25, -0.2) is 0 Å². The van der Waals surface area contributed by atoms with Gasteiger partial charge in [-0.3, -0.25) is 9.59 Å². The van der Waals surface area contributed by atoms with E-state index in [-0.39, 0.29) is 24.1 Å². The standard InChI is InChI=1S/C19H18N2O3/c22-18-7-1-2-13-21(18)16-10-8-15(9-11-16)5-3-12-20-19(23)17-6-4-14-24-17/h4,6,8-11,14H,1-2,7,12-13H2,(H,20,23). The Morgan fingerprint density at radius 1 is 1.21 bits per heavy atom. The monoisotopic (exact) mass is 322 g/mol. The molecule has 0 radical (unpaired) electrons. The number of carbonyl (C=O) groups excluding carboxylic acids is 2. The summed E-state index contributed by atoms with van der Waals surface area (Å²) < 4.78 is 5.00. The van der Waals surface area contributed by atoms with Crippen LogP contribution in [-0.4, -0.2) is 24.9 Å². The fraction of sp³-hybridized carbons (Fsp3) is 0.263. The molecule has 1 saturated heterocycles. The minimum absolute atomic E-state index is 0.181. The average molecular weight is 322 g/mol. The van der Waals surface area contributed by atoms with Crippen molar-refractivity contribution in [2.75, 3.05) is 18.0 Å². The first-order chi connectivity index (χ1) is 11.7. The molecule has 1 aliphatic rings. The van der Waals surface area contributed by atoms with Gasteiger partial charge in [0.25, 0.3) is 5.91 Å². The van der Waals surface area contributed by atoms with Crippen molar-refractivity contribution in [1.82, 2.24) is 5.32 Å². The second-order valence-electron chi connectivity index (χ2n) is 5.51. The summed E-state index contributed by atoms with van der Waals surface area (Å²) in [7, 11) is 0. The predicted octanol–water partition coefficient (Wildman–Crippen LogP) is 2.58. The third kappa shape index (κ3) is 3.85. The highest BCUT2D eigenvalue weighted by Gasteiger charge is 2.19. The maximum atomic E-state index is 11.9. The van der Waals surface area contributed by atoms with Gasteiger partial charge >= 0.3 is 0 Å². The maximum absolute atomic E-state index is 11.9. The fourth-order valence-electron chi connectivity index (χ4n) is 2.57. The Morgan fingerprint density at radius 2 is 2.04 bits per heavy atom. The Labute approximate surface area is 140 Å². The van der Waals surface area contributed by atoms with E-state index in [1.165, 1.54) is 6.26 Å². The predicted molar refractivity (Wildman–Crippen MR) is 90.6 cm³/mol. The number of hydrogen-bond acceptors (Lipinski definition) is 3. The second-order valence-corrected chi connectivity index (χ2v) is 5.51. The van der Waals surface area contributed by atoms with Crippen LogP contribution in [0.2, 0.25) is 0 Å². The molecule has 2 heterocycles. The SMILES string of the molecule is O=C(NCC#Cc1ccc(N2CCCCC2=O)cc1)c1ccco1. The smallest absolute Gasteiger partial charge is 0.287 e. The first-order valence-electron chi connectivity index (χ1n) is 7.95. The fourth-order valence-corrected chi connectivity index (χ4v) is 2.57. The number of anilines is 1. The van der Waals surface area contributed by atoms with Crippen LogP contribution in [-0.2, 0) is 4.79 Å². The molecular weight excluding hydrogens is 304 g/mol. The molecule has 24 heavy (non-hydrogen) atoms. The van der Waals surface area contributed by atoms with Gasteiger partial charge < -0.3 is 14.6 Å². The van der Waals surface area contributed by atoms with Gasteiger partial charge in [0.15, 0.2) is 5.76 Å². The van der Waals surface area contributed by atoms with E-state index in [4.69, 9.17) is 4.42 Å². The van der Waals surface area contributed by atoms with Crippen LogP contribution in [0, 0.1) is 11.8 Å².